The maximum absolute atomic E-state index is 11.4. The average Bonchev–Trinajstić information content (AvgIpc) is 2.99. The largest absolute Gasteiger partial charge is 0.467 e. The highest BCUT2D eigenvalue weighted by Crippen LogP contribution is 2.32. The Morgan fingerprint density at radius 3 is 2.64 bits per heavy atom. The lowest BCUT2D eigenvalue weighted by Crippen LogP contribution is -2.28. The lowest BCUT2D eigenvalue weighted by atomic mass is 10.0. The summed E-state index contributed by atoms with van der Waals surface area (Å²) < 4.78 is 9.86. The minimum atomic E-state index is -0.698. The Labute approximate surface area is 82.6 Å². The number of methoxy groups -OCH3 is 1. The number of esters is 1. The van der Waals surface area contributed by atoms with E-state index < -0.39 is 5.60 Å². The molecule has 3 heteroatoms. The highest BCUT2D eigenvalue weighted by molar-refractivity contribution is 5.82. The van der Waals surface area contributed by atoms with Crippen molar-refractivity contribution in [1.82, 2.24) is 0 Å². The molecule has 0 aromatic heterocycles. The van der Waals surface area contributed by atoms with E-state index in [-0.39, 0.29) is 5.97 Å². The summed E-state index contributed by atoms with van der Waals surface area (Å²) in [5.41, 5.74) is 0.395. The van der Waals surface area contributed by atoms with Crippen molar-refractivity contribution in [1.29, 1.82) is 0 Å². The maximum Gasteiger partial charge on any atom is 0.340 e. The summed E-state index contributed by atoms with van der Waals surface area (Å²) in [7, 11) is 1.39. The lowest BCUT2D eigenvalue weighted by Gasteiger charge is -2.08. The smallest absolute Gasteiger partial charge is 0.340 e. The molecule has 1 fully saturated rings. The summed E-state index contributed by atoms with van der Waals surface area (Å²) >= 11 is 0. The molecular formula is C11H12O3. The highest BCUT2D eigenvalue weighted by Gasteiger charge is 2.53. The van der Waals surface area contributed by atoms with Gasteiger partial charge >= 0.3 is 5.97 Å². The maximum atomic E-state index is 11.4. The summed E-state index contributed by atoms with van der Waals surface area (Å²) in [5, 5.41) is 0. The van der Waals surface area contributed by atoms with Gasteiger partial charge in [0.25, 0.3) is 0 Å². The van der Waals surface area contributed by atoms with Gasteiger partial charge in [0.15, 0.2) is 5.60 Å². The van der Waals surface area contributed by atoms with Gasteiger partial charge in [-0.25, -0.2) is 4.79 Å². The average molecular weight is 192 g/mol. The van der Waals surface area contributed by atoms with Gasteiger partial charge in [-0.2, -0.15) is 0 Å². The van der Waals surface area contributed by atoms with Crippen molar-refractivity contribution in [3.8, 4) is 0 Å². The van der Waals surface area contributed by atoms with E-state index in [0.717, 1.165) is 5.56 Å². The van der Waals surface area contributed by atoms with Gasteiger partial charge < -0.3 is 9.47 Å². The van der Waals surface area contributed by atoms with E-state index in [9.17, 15) is 4.79 Å². The first-order valence-corrected chi connectivity index (χ1v) is 4.53. The quantitative estimate of drug-likeness (QED) is 0.533. The second-order valence-corrected chi connectivity index (χ2v) is 3.44. The zero-order chi connectivity index (χ0) is 10.0. The van der Waals surface area contributed by atoms with Crippen LogP contribution in [0.15, 0.2) is 30.3 Å². The van der Waals surface area contributed by atoms with Crippen LogP contribution in [0.3, 0.4) is 0 Å². The molecule has 1 aliphatic rings. The first-order chi connectivity index (χ1) is 6.77. The van der Waals surface area contributed by atoms with Crippen LogP contribution in [0.1, 0.15) is 5.56 Å². The van der Waals surface area contributed by atoms with Crippen molar-refractivity contribution in [2.24, 2.45) is 0 Å². The molecule has 0 saturated carbocycles. The Kier molecular flexibility index (Phi) is 2.25. The minimum Gasteiger partial charge on any atom is -0.467 e. The molecule has 1 aromatic rings. The fraction of sp³-hybridized carbons (Fsp3) is 0.364. The molecule has 1 atom stereocenters. The molecule has 2 rings (SSSR count). The number of carbonyl (C=O) groups excluding carboxylic acids is 1. The molecule has 1 saturated heterocycles. The second-order valence-electron chi connectivity index (χ2n) is 3.44. The van der Waals surface area contributed by atoms with Crippen LogP contribution < -0.4 is 0 Å². The number of carbonyl (C=O) groups is 1. The normalized spacial score (nSPS) is 24.4. The van der Waals surface area contributed by atoms with E-state index >= 15 is 0 Å². The molecule has 1 heterocycles. The summed E-state index contributed by atoms with van der Waals surface area (Å²) in [6.07, 6.45) is 0.598. The number of ether oxygens (including phenoxy) is 2. The number of epoxide rings is 1. The van der Waals surface area contributed by atoms with E-state index in [1.165, 1.54) is 7.11 Å². The SMILES string of the molecule is COC(=O)C1(Cc2ccccc2)CO1. The van der Waals surface area contributed by atoms with Gasteiger partial charge in [-0.3, -0.25) is 0 Å². The van der Waals surface area contributed by atoms with E-state index in [0.29, 0.717) is 13.0 Å². The fourth-order valence-corrected chi connectivity index (χ4v) is 1.49. The van der Waals surface area contributed by atoms with Crippen LogP contribution in [-0.4, -0.2) is 25.3 Å². The zero-order valence-corrected chi connectivity index (χ0v) is 8.03. The van der Waals surface area contributed by atoms with Gasteiger partial charge in [-0.15, -0.1) is 0 Å². The number of hydrogen-bond acceptors (Lipinski definition) is 3. The molecule has 0 bridgehead atoms. The molecular weight excluding hydrogens is 180 g/mol. The summed E-state index contributed by atoms with van der Waals surface area (Å²) in [6.45, 7) is 0.467. The summed E-state index contributed by atoms with van der Waals surface area (Å²) in [5.74, 6) is -0.277. The number of hydrogen-bond donors (Lipinski definition) is 0. The number of rotatable bonds is 3. The van der Waals surface area contributed by atoms with Crippen molar-refractivity contribution in [2.75, 3.05) is 13.7 Å². The van der Waals surface area contributed by atoms with Crippen LogP contribution in [0.5, 0.6) is 0 Å². The number of benzene rings is 1. The van der Waals surface area contributed by atoms with Crippen molar-refractivity contribution in [3.05, 3.63) is 35.9 Å². The Morgan fingerprint density at radius 1 is 1.50 bits per heavy atom. The molecule has 1 unspecified atom stereocenters. The first-order valence-electron chi connectivity index (χ1n) is 4.53. The van der Waals surface area contributed by atoms with Crippen LogP contribution in [0.4, 0.5) is 0 Å². The first kappa shape index (κ1) is 9.21. The van der Waals surface area contributed by atoms with Crippen LogP contribution >= 0.6 is 0 Å². The Bertz CT molecular complexity index is 328. The van der Waals surface area contributed by atoms with E-state index in [4.69, 9.17) is 4.74 Å². The highest BCUT2D eigenvalue weighted by atomic mass is 16.6. The molecule has 1 aliphatic heterocycles. The third-order valence-electron chi connectivity index (χ3n) is 2.38. The van der Waals surface area contributed by atoms with Gasteiger partial charge in [0.05, 0.1) is 13.7 Å². The topological polar surface area (TPSA) is 38.8 Å². The molecule has 74 valence electrons. The summed E-state index contributed by atoms with van der Waals surface area (Å²) in [6, 6.07) is 9.80. The fourth-order valence-electron chi connectivity index (χ4n) is 1.49. The molecule has 3 nitrogen and oxygen atoms in total. The van der Waals surface area contributed by atoms with Crippen LogP contribution in [0.25, 0.3) is 0 Å². The van der Waals surface area contributed by atoms with E-state index in [2.05, 4.69) is 4.74 Å². The third kappa shape index (κ3) is 1.63. The Hall–Kier alpha value is -1.35. The van der Waals surface area contributed by atoms with Gasteiger partial charge in [0, 0.05) is 6.42 Å². The van der Waals surface area contributed by atoms with Crippen LogP contribution in [-0.2, 0) is 20.7 Å². The van der Waals surface area contributed by atoms with Gasteiger partial charge in [0.2, 0.25) is 0 Å². The minimum absolute atomic E-state index is 0.277. The molecule has 0 radical (unpaired) electrons. The monoisotopic (exact) mass is 192 g/mol. The van der Waals surface area contributed by atoms with Crippen LogP contribution in [0.2, 0.25) is 0 Å². The van der Waals surface area contributed by atoms with Gasteiger partial charge in [-0.05, 0) is 5.56 Å². The standard InChI is InChI=1S/C11H12O3/c1-13-10(12)11(8-14-11)7-9-5-3-2-4-6-9/h2-6H,7-8H2,1H3. The molecule has 0 amide bonds. The van der Waals surface area contributed by atoms with Crippen molar-refractivity contribution in [3.63, 3.8) is 0 Å². The molecule has 0 N–H and O–H groups in total. The molecule has 0 spiro atoms. The third-order valence-corrected chi connectivity index (χ3v) is 2.38. The van der Waals surface area contributed by atoms with Gasteiger partial charge in [0.1, 0.15) is 0 Å². The molecule has 14 heavy (non-hydrogen) atoms. The predicted octanol–water partition coefficient (Wildman–Crippen LogP) is 1.17. The second kappa shape index (κ2) is 3.42. The lowest BCUT2D eigenvalue weighted by molar-refractivity contribution is -0.146. The zero-order valence-electron chi connectivity index (χ0n) is 8.03. The van der Waals surface area contributed by atoms with E-state index in [1.807, 2.05) is 30.3 Å². The van der Waals surface area contributed by atoms with Crippen molar-refractivity contribution in [2.45, 2.75) is 12.0 Å². The summed E-state index contributed by atoms with van der Waals surface area (Å²) in [4.78, 5) is 11.4. The van der Waals surface area contributed by atoms with Gasteiger partial charge in [-0.1, -0.05) is 30.3 Å². The Balaban J connectivity index is 2.08. The molecule has 0 aliphatic carbocycles. The predicted molar refractivity (Wildman–Crippen MR) is 50.8 cm³/mol. The van der Waals surface area contributed by atoms with Crippen molar-refractivity contribution < 1.29 is 14.3 Å². The van der Waals surface area contributed by atoms with Crippen molar-refractivity contribution >= 4 is 5.97 Å². The van der Waals surface area contributed by atoms with Crippen LogP contribution in [0, 0.1) is 0 Å². The Morgan fingerprint density at radius 2 is 2.14 bits per heavy atom. The van der Waals surface area contributed by atoms with E-state index in [1.54, 1.807) is 0 Å². The molecule has 1 aromatic carbocycles.